The number of benzene rings is 1. The molecule has 2 aliphatic rings. The van der Waals surface area contributed by atoms with Crippen LogP contribution >= 0.6 is 0 Å². The van der Waals surface area contributed by atoms with Crippen LogP contribution in [-0.4, -0.2) is 62.3 Å². The Morgan fingerprint density at radius 3 is 2.25 bits per heavy atom. The molecule has 1 aromatic carbocycles. The minimum Gasteiger partial charge on any atom is -0.492 e. The molecule has 0 bridgehead atoms. The molecule has 3 amide bonds. The molecule has 9 heteroatoms. The van der Waals surface area contributed by atoms with Crippen molar-refractivity contribution < 1.29 is 22.7 Å². The molecule has 1 N–H and O–H groups in total. The molecule has 1 aromatic rings. The maximum absolute atomic E-state index is 12.8. The number of nitrogens with one attached hydrogen (secondary N) is 1. The Hall–Kier alpha value is -2.13. The van der Waals surface area contributed by atoms with Crippen LogP contribution in [-0.2, 0) is 14.8 Å². The zero-order valence-corrected chi connectivity index (χ0v) is 17.1. The number of rotatable bonds is 6. The zero-order chi connectivity index (χ0) is 20.4. The van der Waals surface area contributed by atoms with E-state index in [0.717, 1.165) is 30.0 Å². The Balaban J connectivity index is 1.58. The van der Waals surface area contributed by atoms with E-state index >= 15 is 0 Å². The van der Waals surface area contributed by atoms with Crippen LogP contribution in [0, 0.1) is 0 Å². The first-order valence-corrected chi connectivity index (χ1v) is 11.0. The van der Waals surface area contributed by atoms with Crippen molar-refractivity contribution in [2.75, 3.05) is 27.2 Å². The largest absolute Gasteiger partial charge is 0.492 e. The third kappa shape index (κ3) is 4.00. The van der Waals surface area contributed by atoms with Crippen molar-refractivity contribution in [3.63, 3.8) is 0 Å². The van der Waals surface area contributed by atoms with E-state index in [9.17, 15) is 18.0 Å². The van der Waals surface area contributed by atoms with Crippen molar-refractivity contribution >= 4 is 22.0 Å². The fourth-order valence-corrected chi connectivity index (χ4v) is 4.63. The molecular weight excluding hydrogens is 382 g/mol. The number of sulfonamides is 1. The predicted octanol–water partition coefficient (Wildman–Crippen LogP) is 1.96. The lowest BCUT2D eigenvalue weighted by Crippen LogP contribution is -2.46. The molecule has 0 radical (unpaired) electrons. The molecule has 0 atom stereocenters. The number of hydrogen-bond donors (Lipinski definition) is 1. The Kier molecular flexibility index (Phi) is 5.95. The van der Waals surface area contributed by atoms with Gasteiger partial charge in [-0.15, -0.1) is 0 Å². The summed E-state index contributed by atoms with van der Waals surface area (Å²) in [7, 11) is -0.546. The summed E-state index contributed by atoms with van der Waals surface area (Å²) in [4.78, 5) is 26.5. The van der Waals surface area contributed by atoms with Gasteiger partial charge in [-0.3, -0.25) is 9.69 Å². The molecule has 1 aliphatic heterocycles. The van der Waals surface area contributed by atoms with E-state index in [1.807, 2.05) is 0 Å². The maximum atomic E-state index is 12.8. The summed E-state index contributed by atoms with van der Waals surface area (Å²) in [6, 6.07) is 5.71. The van der Waals surface area contributed by atoms with Crippen LogP contribution in [0.2, 0.25) is 0 Å². The molecule has 2 fully saturated rings. The summed E-state index contributed by atoms with van der Waals surface area (Å²) >= 11 is 0. The molecule has 154 valence electrons. The van der Waals surface area contributed by atoms with E-state index in [1.165, 1.54) is 31.1 Å². The van der Waals surface area contributed by atoms with Crippen LogP contribution in [0.5, 0.6) is 5.75 Å². The van der Waals surface area contributed by atoms with Gasteiger partial charge in [0.2, 0.25) is 10.0 Å². The summed E-state index contributed by atoms with van der Waals surface area (Å²) < 4.78 is 30.9. The van der Waals surface area contributed by atoms with Gasteiger partial charge < -0.3 is 10.1 Å². The number of hydrogen-bond acceptors (Lipinski definition) is 5. The van der Waals surface area contributed by atoms with Gasteiger partial charge in [0.25, 0.3) is 5.91 Å². The van der Waals surface area contributed by atoms with E-state index in [-0.39, 0.29) is 30.0 Å². The Morgan fingerprint density at radius 2 is 1.68 bits per heavy atom. The van der Waals surface area contributed by atoms with Crippen molar-refractivity contribution in [1.82, 2.24) is 14.5 Å². The first-order valence-electron chi connectivity index (χ1n) is 9.56. The second-order valence-electron chi connectivity index (χ2n) is 7.49. The number of imide groups is 1. The van der Waals surface area contributed by atoms with Crippen LogP contribution in [0.1, 0.15) is 38.5 Å². The first kappa shape index (κ1) is 20.6. The van der Waals surface area contributed by atoms with Crippen molar-refractivity contribution in [1.29, 1.82) is 0 Å². The summed E-state index contributed by atoms with van der Waals surface area (Å²) in [6.45, 7) is 0.305. The topological polar surface area (TPSA) is 96.0 Å². The third-order valence-electron chi connectivity index (χ3n) is 5.39. The number of nitrogens with zero attached hydrogens (tertiary/aromatic N) is 2. The van der Waals surface area contributed by atoms with Crippen molar-refractivity contribution in [3.8, 4) is 5.75 Å². The number of carbonyl (C=O) groups excluding carboxylic acids is 2. The lowest BCUT2D eigenvalue weighted by atomic mass is 9.90. The van der Waals surface area contributed by atoms with Gasteiger partial charge in [-0.25, -0.2) is 17.5 Å². The average molecular weight is 410 g/mol. The molecular formula is C19H27N3O5S. The van der Waals surface area contributed by atoms with Gasteiger partial charge in [0.15, 0.2) is 0 Å². The highest BCUT2D eigenvalue weighted by Gasteiger charge is 2.50. The normalized spacial score (nSPS) is 19.8. The Morgan fingerprint density at radius 1 is 1.07 bits per heavy atom. The minimum absolute atomic E-state index is 0.148. The van der Waals surface area contributed by atoms with Crippen molar-refractivity contribution in [2.24, 2.45) is 0 Å². The van der Waals surface area contributed by atoms with Crippen LogP contribution in [0.15, 0.2) is 29.2 Å². The monoisotopic (exact) mass is 409 g/mol. The van der Waals surface area contributed by atoms with E-state index in [1.54, 1.807) is 12.1 Å². The van der Waals surface area contributed by atoms with E-state index in [2.05, 4.69) is 5.32 Å². The van der Waals surface area contributed by atoms with Crippen LogP contribution in [0.25, 0.3) is 0 Å². The molecule has 28 heavy (non-hydrogen) atoms. The SMILES string of the molecule is CN(C)S(=O)(=O)c1ccc(OCCN2C(=O)NC3(CCCCCC3)C2=O)cc1. The molecule has 1 heterocycles. The van der Waals surface area contributed by atoms with Gasteiger partial charge in [-0.05, 0) is 37.1 Å². The molecule has 0 aromatic heterocycles. The second-order valence-corrected chi connectivity index (χ2v) is 9.64. The highest BCUT2D eigenvalue weighted by molar-refractivity contribution is 7.89. The predicted molar refractivity (Wildman–Crippen MR) is 103 cm³/mol. The maximum Gasteiger partial charge on any atom is 0.325 e. The summed E-state index contributed by atoms with van der Waals surface area (Å²) in [6.07, 6.45) is 5.45. The van der Waals surface area contributed by atoms with E-state index in [4.69, 9.17) is 4.74 Å². The number of ether oxygens (including phenoxy) is 1. The van der Waals surface area contributed by atoms with E-state index in [0.29, 0.717) is 18.6 Å². The van der Waals surface area contributed by atoms with Crippen LogP contribution in [0.3, 0.4) is 0 Å². The van der Waals surface area contributed by atoms with Gasteiger partial charge in [0, 0.05) is 14.1 Å². The number of urea groups is 1. The van der Waals surface area contributed by atoms with Gasteiger partial charge in [-0.1, -0.05) is 25.7 Å². The van der Waals surface area contributed by atoms with Gasteiger partial charge in [-0.2, -0.15) is 0 Å². The van der Waals surface area contributed by atoms with Gasteiger partial charge >= 0.3 is 6.03 Å². The second kappa shape index (κ2) is 8.08. The fraction of sp³-hybridized carbons (Fsp3) is 0.579. The Labute approximate surface area is 165 Å². The third-order valence-corrected chi connectivity index (χ3v) is 7.22. The highest BCUT2D eigenvalue weighted by Crippen LogP contribution is 2.32. The Bertz CT molecular complexity index is 828. The van der Waals surface area contributed by atoms with Crippen molar-refractivity contribution in [3.05, 3.63) is 24.3 Å². The van der Waals surface area contributed by atoms with Crippen LogP contribution in [0.4, 0.5) is 4.79 Å². The zero-order valence-electron chi connectivity index (χ0n) is 16.3. The average Bonchev–Trinajstić information content (AvgIpc) is 2.82. The summed E-state index contributed by atoms with van der Waals surface area (Å²) in [5.41, 5.74) is -0.740. The van der Waals surface area contributed by atoms with Crippen LogP contribution < -0.4 is 10.1 Å². The van der Waals surface area contributed by atoms with Gasteiger partial charge in [0.05, 0.1) is 11.4 Å². The lowest BCUT2D eigenvalue weighted by Gasteiger charge is -2.24. The molecule has 1 aliphatic carbocycles. The fourth-order valence-electron chi connectivity index (χ4n) is 3.72. The molecule has 1 saturated heterocycles. The van der Waals surface area contributed by atoms with Gasteiger partial charge in [0.1, 0.15) is 17.9 Å². The summed E-state index contributed by atoms with van der Waals surface area (Å²) in [5.74, 6) is 0.323. The highest BCUT2D eigenvalue weighted by atomic mass is 32.2. The van der Waals surface area contributed by atoms with E-state index < -0.39 is 15.6 Å². The summed E-state index contributed by atoms with van der Waals surface area (Å²) in [5, 5.41) is 2.90. The number of amides is 3. The molecule has 3 rings (SSSR count). The molecule has 0 unspecified atom stereocenters. The standard InChI is InChI=1S/C19H27N3O5S/c1-21(2)28(25,26)16-9-7-15(8-10-16)27-14-13-22-17(23)19(20-18(22)24)11-5-3-4-6-12-19/h7-10H,3-6,11-14H2,1-2H3,(H,20,24). The quantitative estimate of drug-likeness (QED) is 0.725. The smallest absolute Gasteiger partial charge is 0.325 e. The molecule has 1 spiro atoms. The number of carbonyl (C=O) groups is 2. The molecule has 8 nitrogen and oxygen atoms in total. The minimum atomic E-state index is -3.49. The first-order chi connectivity index (χ1) is 13.3. The lowest BCUT2D eigenvalue weighted by molar-refractivity contribution is -0.132. The van der Waals surface area contributed by atoms with Crippen molar-refractivity contribution in [2.45, 2.75) is 49.0 Å². The molecule has 1 saturated carbocycles.